The lowest BCUT2D eigenvalue weighted by molar-refractivity contribution is -0.125. The van der Waals surface area contributed by atoms with Crippen molar-refractivity contribution in [2.24, 2.45) is 5.16 Å². The summed E-state index contributed by atoms with van der Waals surface area (Å²) in [6, 6.07) is 19.2. The highest BCUT2D eigenvalue weighted by molar-refractivity contribution is 6.05. The van der Waals surface area contributed by atoms with Crippen molar-refractivity contribution in [1.82, 2.24) is 10.2 Å². The second-order valence-electron chi connectivity index (χ2n) is 7.60. The fourth-order valence-corrected chi connectivity index (χ4v) is 3.59. The molecule has 0 radical (unpaired) electrons. The summed E-state index contributed by atoms with van der Waals surface area (Å²) in [5.41, 5.74) is 2.08. The molecule has 2 amide bonds. The van der Waals surface area contributed by atoms with E-state index in [1.54, 1.807) is 49.8 Å². The zero-order valence-corrected chi connectivity index (χ0v) is 18.3. The number of hydrogen-bond acceptors (Lipinski definition) is 6. The number of rotatable bonds is 8. The molecule has 1 N–H and O–H groups in total. The number of amides is 2. The molecule has 170 valence electrons. The van der Waals surface area contributed by atoms with Crippen LogP contribution < -0.4 is 10.1 Å². The van der Waals surface area contributed by atoms with E-state index in [1.165, 1.54) is 4.90 Å². The first-order valence-corrected chi connectivity index (χ1v) is 10.6. The molecule has 1 atom stereocenters. The Morgan fingerprint density at radius 3 is 2.58 bits per heavy atom. The van der Waals surface area contributed by atoms with Crippen molar-refractivity contribution in [3.8, 4) is 5.75 Å². The molecule has 8 heteroatoms. The van der Waals surface area contributed by atoms with Crippen LogP contribution in [0, 0.1) is 0 Å². The number of carbonyl (C=O) groups is 2. The maximum absolute atomic E-state index is 13.1. The first-order chi connectivity index (χ1) is 16.1. The molecule has 1 aromatic heterocycles. The van der Waals surface area contributed by atoms with Crippen LogP contribution in [-0.2, 0) is 22.8 Å². The number of benzene rings is 2. The van der Waals surface area contributed by atoms with Gasteiger partial charge in [-0.15, -0.1) is 0 Å². The molecule has 0 saturated carbocycles. The molecule has 0 unspecified atom stereocenters. The van der Waals surface area contributed by atoms with E-state index in [0.29, 0.717) is 23.5 Å². The van der Waals surface area contributed by atoms with Gasteiger partial charge in [-0.25, -0.2) is 0 Å². The predicted molar refractivity (Wildman–Crippen MR) is 122 cm³/mol. The second kappa shape index (κ2) is 10.5. The Kier molecular flexibility index (Phi) is 7.04. The van der Waals surface area contributed by atoms with Crippen LogP contribution in [0.1, 0.15) is 28.1 Å². The number of ether oxygens (including phenoxy) is 1. The van der Waals surface area contributed by atoms with Crippen LogP contribution in [0.25, 0.3) is 0 Å². The van der Waals surface area contributed by atoms with Gasteiger partial charge in [0.15, 0.2) is 0 Å². The monoisotopic (exact) mass is 447 g/mol. The lowest BCUT2D eigenvalue weighted by Crippen LogP contribution is -2.45. The Labute approximate surface area is 191 Å². The summed E-state index contributed by atoms with van der Waals surface area (Å²) in [7, 11) is 1.61. The highest BCUT2D eigenvalue weighted by Crippen LogP contribution is 2.20. The van der Waals surface area contributed by atoms with Gasteiger partial charge >= 0.3 is 0 Å². The van der Waals surface area contributed by atoms with E-state index in [9.17, 15) is 9.59 Å². The number of likely N-dealkylation sites (tertiary alicyclic amines) is 1. The number of carbonyl (C=O) groups excluding carboxylic acids is 2. The highest BCUT2D eigenvalue weighted by atomic mass is 16.6. The van der Waals surface area contributed by atoms with Crippen molar-refractivity contribution in [2.45, 2.75) is 25.6 Å². The molecule has 4 rings (SSSR count). The summed E-state index contributed by atoms with van der Waals surface area (Å²) in [6.07, 6.45) is 1.85. The van der Waals surface area contributed by atoms with Crippen molar-refractivity contribution in [3.05, 3.63) is 89.9 Å². The van der Waals surface area contributed by atoms with Gasteiger partial charge in [-0.2, -0.15) is 0 Å². The van der Waals surface area contributed by atoms with Crippen molar-refractivity contribution in [1.29, 1.82) is 0 Å². The minimum atomic E-state index is -0.684. The Morgan fingerprint density at radius 2 is 1.88 bits per heavy atom. The molecule has 0 aliphatic carbocycles. The lowest BCUT2D eigenvalue weighted by Gasteiger charge is -2.23. The minimum absolute atomic E-state index is 0.217. The van der Waals surface area contributed by atoms with Gasteiger partial charge in [0.2, 0.25) is 5.91 Å². The summed E-state index contributed by atoms with van der Waals surface area (Å²) in [6.45, 7) is 0.737. The maximum atomic E-state index is 13.1. The molecule has 8 nitrogen and oxygen atoms in total. The topological polar surface area (TPSA) is 93.4 Å². The van der Waals surface area contributed by atoms with E-state index < -0.39 is 6.04 Å². The molecule has 3 aromatic rings. The molecule has 1 saturated heterocycles. The van der Waals surface area contributed by atoms with E-state index in [0.717, 1.165) is 11.3 Å². The van der Waals surface area contributed by atoms with Crippen LogP contribution in [0.5, 0.6) is 5.75 Å². The molecule has 33 heavy (non-hydrogen) atoms. The van der Waals surface area contributed by atoms with Crippen molar-refractivity contribution in [3.63, 3.8) is 0 Å². The van der Waals surface area contributed by atoms with E-state index in [4.69, 9.17) is 14.0 Å². The van der Waals surface area contributed by atoms with Crippen molar-refractivity contribution < 1.29 is 23.6 Å². The van der Waals surface area contributed by atoms with Crippen LogP contribution in [0.2, 0.25) is 0 Å². The average Bonchev–Trinajstić information content (AvgIpc) is 3.53. The van der Waals surface area contributed by atoms with Gasteiger partial charge in [-0.1, -0.05) is 35.5 Å². The summed E-state index contributed by atoms with van der Waals surface area (Å²) in [5.74, 6) is 0.906. The molecular weight excluding hydrogens is 422 g/mol. The van der Waals surface area contributed by atoms with Gasteiger partial charge in [0, 0.05) is 12.0 Å². The predicted octanol–water partition coefficient (Wildman–Crippen LogP) is 3.39. The number of nitrogens with one attached hydrogen (secondary N) is 1. The smallest absolute Gasteiger partial charge is 0.254 e. The second-order valence-corrected chi connectivity index (χ2v) is 7.60. The normalized spacial score (nSPS) is 16.6. The summed E-state index contributed by atoms with van der Waals surface area (Å²) in [4.78, 5) is 33.1. The Bertz CT molecular complexity index is 1090. The third kappa shape index (κ3) is 5.60. The molecule has 2 aromatic carbocycles. The zero-order valence-electron chi connectivity index (χ0n) is 18.3. The number of methoxy groups -OCH3 is 1. The van der Waals surface area contributed by atoms with Gasteiger partial charge < -0.3 is 24.2 Å². The average molecular weight is 447 g/mol. The van der Waals surface area contributed by atoms with E-state index in [1.807, 2.05) is 30.3 Å². The van der Waals surface area contributed by atoms with Crippen LogP contribution in [0.4, 0.5) is 0 Å². The Hall–Kier alpha value is -4.07. The number of oxime groups is 1. The van der Waals surface area contributed by atoms with Crippen LogP contribution >= 0.6 is 0 Å². The van der Waals surface area contributed by atoms with Gasteiger partial charge in [0.1, 0.15) is 24.2 Å². The SMILES string of the molecule is COc1ccc(CON=C2C[C@@H](C(=O)NCc3ccco3)N(C(=O)c3ccccc3)C2)cc1. The molecule has 1 aliphatic rings. The van der Waals surface area contributed by atoms with Crippen LogP contribution in [0.15, 0.2) is 82.6 Å². The minimum Gasteiger partial charge on any atom is -0.497 e. The Balaban J connectivity index is 1.44. The van der Waals surface area contributed by atoms with Crippen LogP contribution in [-0.4, -0.2) is 42.1 Å². The molecule has 2 heterocycles. The molecule has 1 fully saturated rings. The van der Waals surface area contributed by atoms with Gasteiger partial charge in [0.05, 0.1) is 32.2 Å². The first kappa shape index (κ1) is 22.1. The number of nitrogens with zero attached hydrogens (tertiary/aromatic N) is 2. The summed E-state index contributed by atoms with van der Waals surface area (Å²) >= 11 is 0. The number of hydrogen-bond donors (Lipinski definition) is 1. The van der Waals surface area contributed by atoms with Gasteiger partial charge in [-0.3, -0.25) is 9.59 Å². The molecule has 0 spiro atoms. The highest BCUT2D eigenvalue weighted by Gasteiger charge is 2.38. The quantitative estimate of drug-likeness (QED) is 0.535. The van der Waals surface area contributed by atoms with E-state index in [2.05, 4.69) is 10.5 Å². The summed E-state index contributed by atoms with van der Waals surface area (Å²) in [5, 5.41) is 7.07. The maximum Gasteiger partial charge on any atom is 0.254 e. The first-order valence-electron chi connectivity index (χ1n) is 10.6. The van der Waals surface area contributed by atoms with Crippen molar-refractivity contribution in [2.75, 3.05) is 13.7 Å². The molecule has 1 aliphatic heterocycles. The summed E-state index contributed by atoms with van der Waals surface area (Å²) < 4.78 is 10.4. The molecule has 0 bridgehead atoms. The largest absolute Gasteiger partial charge is 0.497 e. The zero-order chi connectivity index (χ0) is 23.0. The van der Waals surface area contributed by atoms with E-state index in [-0.39, 0.29) is 31.5 Å². The van der Waals surface area contributed by atoms with Crippen LogP contribution in [0.3, 0.4) is 0 Å². The third-order valence-electron chi connectivity index (χ3n) is 5.34. The molecular formula is C25H25N3O5. The van der Waals surface area contributed by atoms with E-state index >= 15 is 0 Å². The fraction of sp³-hybridized carbons (Fsp3) is 0.240. The third-order valence-corrected chi connectivity index (χ3v) is 5.34. The fourth-order valence-electron chi connectivity index (χ4n) is 3.59. The standard InChI is InChI=1S/C25H25N3O5/c1-31-21-11-9-18(10-12-21)17-33-27-20-14-23(24(29)26-15-22-8-5-13-32-22)28(16-20)25(30)19-6-3-2-4-7-19/h2-13,23H,14-17H2,1H3,(H,26,29)/t23-/m0/s1. The van der Waals surface area contributed by atoms with Crippen molar-refractivity contribution >= 4 is 17.5 Å². The van der Waals surface area contributed by atoms with Gasteiger partial charge in [0.25, 0.3) is 5.91 Å². The van der Waals surface area contributed by atoms with Gasteiger partial charge in [-0.05, 0) is 42.0 Å². The lowest BCUT2D eigenvalue weighted by atomic mass is 10.1. The Morgan fingerprint density at radius 1 is 1.09 bits per heavy atom. The number of furan rings is 1.